The Balaban J connectivity index is 1.89. The summed E-state index contributed by atoms with van der Waals surface area (Å²) in [5.41, 5.74) is 1.91. The lowest BCUT2D eigenvalue weighted by Crippen LogP contribution is -2.36. The van der Waals surface area contributed by atoms with Crippen LogP contribution in [-0.2, 0) is 10.0 Å². The third-order valence-electron chi connectivity index (χ3n) is 4.90. The first-order valence-corrected chi connectivity index (χ1v) is 9.89. The fourth-order valence-electron chi connectivity index (χ4n) is 3.46. The minimum atomic E-state index is -3.52. The largest absolute Gasteiger partial charge is 0.389 e. The van der Waals surface area contributed by atoms with E-state index < -0.39 is 16.1 Å². The molecule has 2 bridgehead atoms. The molecule has 3 rings (SSSR count). The minimum Gasteiger partial charge on any atom is -0.389 e. The van der Waals surface area contributed by atoms with Gasteiger partial charge in [0.25, 0.3) is 0 Å². The Kier molecular flexibility index (Phi) is 4.90. The lowest BCUT2D eigenvalue weighted by atomic mass is 9.99. The Bertz CT molecular complexity index is 679. The smallest absolute Gasteiger partial charge is 0.243 e. The molecule has 0 aromatic heterocycles. The van der Waals surface area contributed by atoms with Gasteiger partial charge in [0.15, 0.2) is 0 Å². The van der Waals surface area contributed by atoms with Crippen LogP contribution >= 0.6 is 0 Å². The zero-order valence-corrected chi connectivity index (χ0v) is 14.4. The topological polar surface area (TPSA) is 57.6 Å². The van der Waals surface area contributed by atoms with Gasteiger partial charge < -0.3 is 5.11 Å². The van der Waals surface area contributed by atoms with Gasteiger partial charge in [-0.2, -0.15) is 4.31 Å². The van der Waals surface area contributed by atoms with Crippen LogP contribution in [0.1, 0.15) is 44.1 Å². The highest BCUT2D eigenvalue weighted by Gasteiger charge is 2.36. The second-order valence-corrected chi connectivity index (χ2v) is 8.57. The Morgan fingerprint density at radius 3 is 2.39 bits per heavy atom. The lowest BCUT2D eigenvalue weighted by Gasteiger charge is -2.24. The third kappa shape index (κ3) is 3.52. The maximum absolute atomic E-state index is 13.0. The molecule has 0 amide bonds. The van der Waals surface area contributed by atoms with Gasteiger partial charge in [0.05, 0.1) is 11.0 Å². The van der Waals surface area contributed by atoms with Crippen LogP contribution in [-0.4, -0.2) is 36.5 Å². The molecular formula is C18H25NO3S. The fraction of sp³-hybridized carbons (Fsp3) is 0.556. The number of sulfonamides is 1. The Labute approximate surface area is 138 Å². The number of aliphatic hydroxyl groups is 1. The molecule has 2 aliphatic rings. The van der Waals surface area contributed by atoms with Gasteiger partial charge in [-0.25, -0.2) is 8.42 Å². The molecule has 0 saturated heterocycles. The summed E-state index contributed by atoms with van der Waals surface area (Å²) < 4.78 is 27.6. The van der Waals surface area contributed by atoms with E-state index in [1.165, 1.54) is 0 Å². The van der Waals surface area contributed by atoms with Crippen LogP contribution in [0, 0.1) is 6.92 Å². The normalized spacial score (nSPS) is 26.8. The second kappa shape index (κ2) is 6.75. The predicted molar refractivity (Wildman–Crippen MR) is 90.7 cm³/mol. The molecule has 23 heavy (non-hydrogen) atoms. The molecule has 126 valence electrons. The standard InChI is InChI=1S/C18H25NO3S/c1-14-8-10-17(11-9-14)23(21,22)19-13-15-12-16(19)6-4-2-3-5-7-18(15)20/h8-12,16,18,20H,2-7,13H2,1H3. The van der Waals surface area contributed by atoms with Gasteiger partial charge in [-0.1, -0.05) is 49.5 Å². The van der Waals surface area contributed by atoms with Crippen LogP contribution in [0.3, 0.4) is 0 Å². The second-order valence-electron chi connectivity index (χ2n) is 6.68. The van der Waals surface area contributed by atoms with Crippen molar-refractivity contribution in [3.05, 3.63) is 41.5 Å². The van der Waals surface area contributed by atoms with E-state index in [1.807, 2.05) is 25.1 Å². The van der Waals surface area contributed by atoms with Gasteiger partial charge in [0.1, 0.15) is 0 Å². The van der Waals surface area contributed by atoms with Gasteiger partial charge >= 0.3 is 0 Å². The summed E-state index contributed by atoms with van der Waals surface area (Å²) in [5.74, 6) is 0. The van der Waals surface area contributed by atoms with Crippen LogP contribution in [0.5, 0.6) is 0 Å². The molecule has 5 heteroatoms. The molecule has 2 atom stereocenters. The van der Waals surface area contributed by atoms with Crippen LogP contribution in [0.25, 0.3) is 0 Å². The van der Waals surface area contributed by atoms with Crippen molar-refractivity contribution in [3.8, 4) is 0 Å². The highest BCUT2D eigenvalue weighted by molar-refractivity contribution is 7.89. The summed E-state index contributed by atoms with van der Waals surface area (Å²) in [6, 6.07) is 6.89. The van der Waals surface area contributed by atoms with Crippen molar-refractivity contribution in [3.63, 3.8) is 0 Å². The van der Waals surface area contributed by atoms with Gasteiger partial charge in [0, 0.05) is 12.6 Å². The molecule has 0 radical (unpaired) electrons. The number of fused-ring (bicyclic) bond motifs is 1. The first kappa shape index (κ1) is 16.7. The summed E-state index contributed by atoms with van der Waals surface area (Å²) in [6.07, 6.45) is 7.30. The quantitative estimate of drug-likeness (QED) is 0.845. The molecule has 4 nitrogen and oxygen atoms in total. The maximum atomic E-state index is 13.0. The summed E-state index contributed by atoms with van der Waals surface area (Å²) in [5, 5.41) is 10.3. The molecule has 0 spiro atoms. The SMILES string of the molecule is Cc1ccc(S(=O)(=O)N2CC3=CC2CCCCCCC3O)cc1. The van der Waals surface area contributed by atoms with Crippen molar-refractivity contribution in [2.24, 2.45) is 0 Å². The molecule has 1 aromatic rings. The van der Waals surface area contributed by atoms with E-state index in [0.717, 1.165) is 49.7 Å². The van der Waals surface area contributed by atoms with Crippen molar-refractivity contribution in [2.75, 3.05) is 6.54 Å². The van der Waals surface area contributed by atoms with Crippen LogP contribution in [0.15, 0.2) is 40.8 Å². The van der Waals surface area contributed by atoms with Crippen molar-refractivity contribution >= 4 is 10.0 Å². The summed E-state index contributed by atoms with van der Waals surface area (Å²) in [6.45, 7) is 2.27. The molecule has 0 fully saturated rings. The van der Waals surface area contributed by atoms with E-state index in [4.69, 9.17) is 0 Å². The van der Waals surface area contributed by atoms with Gasteiger partial charge in [-0.05, 0) is 37.5 Å². The van der Waals surface area contributed by atoms with Crippen LogP contribution in [0.4, 0.5) is 0 Å². The lowest BCUT2D eigenvalue weighted by molar-refractivity contribution is 0.193. The summed E-state index contributed by atoms with van der Waals surface area (Å²) >= 11 is 0. The molecular weight excluding hydrogens is 310 g/mol. The number of nitrogens with zero attached hydrogens (tertiary/aromatic N) is 1. The average molecular weight is 335 g/mol. The summed E-state index contributed by atoms with van der Waals surface area (Å²) in [4.78, 5) is 0.340. The fourth-order valence-corrected chi connectivity index (χ4v) is 5.06. The van der Waals surface area contributed by atoms with Crippen LogP contribution < -0.4 is 0 Å². The molecule has 1 N–H and O–H groups in total. The molecule has 1 aliphatic heterocycles. The zero-order chi connectivity index (χ0) is 16.4. The van der Waals surface area contributed by atoms with Crippen LogP contribution in [0.2, 0.25) is 0 Å². The van der Waals surface area contributed by atoms with E-state index >= 15 is 0 Å². The molecule has 0 saturated carbocycles. The predicted octanol–water partition coefficient (Wildman–Crippen LogP) is 3.01. The number of aryl methyl sites for hydroxylation is 1. The van der Waals surface area contributed by atoms with Crippen molar-refractivity contribution in [1.82, 2.24) is 4.31 Å². The Hall–Kier alpha value is -1.17. The minimum absolute atomic E-state index is 0.121. The highest BCUT2D eigenvalue weighted by atomic mass is 32.2. The molecule has 1 aliphatic carbocycles. The monoisotopic (exact) mass is 335 g/mol. The number of hydrogen-bond acceptors (Lipinski definition) is 3. The Morgan fingerprint density at radius 1 is 1.04 bits per heavy atom. The van der Waals surface area contributed by atoms with Gasteiger partial charge in [-0.3, -0.25) is 0 Å². The third-order valence-corrected chi connectivity index (χ3v) is 6.78. The van der Waals surface area contributed by atoms with Crippen molar-refractivity contribution in [2.45, 2.75) is 62.5 Å². The van der Waals surface area contributed by atoms with Crippen molar-refractivity contribution < 1.29 is 13.5 Å². The Morgan fingerprint density at radius 2 is 1.70 bits per heavy atom. The summed E-state index contributed by atoms with van der Waals surface area (Å²) in [7, 11) is -3.52. The number of hydrogen-bond donors (Lipinski definition) is 1. The van der Waals surface area contributed by atoms with E-state index in [-0.39, 0.29) is 6.04 Å². The first-order valence-electron chi connectivity index (χ1n) is 8.45. The highest BCUT2D eigenvalue weighted by Crippen LogP contribution is 2.31. The van der Waals surface area contributed by atoms with Gasteiger partial charge in [0.2, 0.25) is 10.0 Å². The van der Waals surface area contributed by atoms with E-state index in [0.29, 0.717) is 11.4 Å². The van der Waals surface area contributed by atoms with Gasteiger partial charge in [-0.15, -0.1) is 0 Å². The van der Waals surface area contributed by atoms with E-state index in [1.54, 1.807) is 16.4 Å². The number of aliphatic hydroxyl groups excluding tert-OH is 1. The first-order chi connectivity index (χ1) is 11.0. The molecule has 1 heterocycles. The average Bonchev–Trinajstić information content (AvgIpc) is 2.95. The maximum Gasteiger partial charge on any atom is 0.243 e. The van der Waals surface area contributed by atoms with Crippen molar-refractivity contribution in [1.29, 1.82) is 0 Å². The molecule has 1 aromatic carbocycles. The molecule has 2 unspecified atom stereocenters. The zero-order valence-electron chi connectivity index (χ0n) is 13.6. The number of rotatable bonds is 2. The van der Waals surface area contributed by atoms with E-state index in [2.05, 4.69) is 0 Å². The van der Waals surface area contributed by atoms with E-state index in [9.17, 15) is 13.5 Å². The number of benzene rings is 1.